The van der Waals surface area contributed by atoms with Crippen LogP contribution in [0.1, 0.15) is 53.9 Å². The van der Waals surface area contributed by atoms with Gasteiger partial charge >= 0.3 is 5.97 Å². The summed E-state index contributed by atoms with van der Waals surface area (Å²) in [6.07, 6.45) is 0.274. The van der Waals surface area contributed by atoms with Crippen molar-refractivity contribution in [3.8, 4) is 0 Å². The molecule has 30 heavy (non-hydrogen) atoms. The third-order valence-corrected chi connectivity index (χ3v) is 5.21. The smallest absolute Gasteiger partial charge is 0.326 e. The zero-order valence-electron chi connectivity index (χ0n) is 18.4. The van der Waals surface area contributed by atoms with Crippen molar-refractivity contribution in [2.24, 2.45) is 17.6 Å². The number of aliphatic hydroxyl groups is 1. The monoisotopic (exact) mass is 428 g/mol. The molecule has 0 radical (unpaired) electrons. The summed E-state index contributed by atoms with van der Waals surface area (Å²) in [6.45, 7) is 8.90. The number of likely N-dealkylation sites (tertiary alicyclic amines) is 1. The number of rotatable bonds is 10. The van der Waals surface area contributed by atoms with Gasteiger partial charge in [0.15, 0.2) is 0 Å². The van der Waals surface area contributed by atoms with Gasteiger partial charge in [-0.15, -0.1) is 0 Å². The number of nitrogens with one attached hydrogen (secondary N) is 2. The van der Waals surface area contributed by atoms with Gasteiger partial charge in [-0.3, -0.25) is 14.4 Å². The summed E-state index contributed by atoms with van der Waals surface area (Å²) in [5.41, 5.74) is 5.67. The number of carboxylic acids is 1. The van der Waals surface area contributed by atoms with Gasteiger partial charge in [0.25, 0.3) is 0 Å². The van der Waals surface area contributed by atoms with Crippen LogP contribution in [0.4, 0.5) is 0 Å². The fourth-order valence-electron chi connectivity index (χ4n) is 3.45. The Labute approximate surface area is 177 Å². The third kappa shape index (κ3) is 6.94. The summed E-state index contributed by atoms with van der Waals surface area (Å²) in [5.74, 6) is -2.94. The number of carboxylic acid groups (broad SMARTS) is 1. The molecular formula is C20H36N4O6. The summed E-state index contributed by atoms with van der Waals surface area (Å²) in [4.78, 5) is 51.0. The minimum absolute atomic E-state index is 0.0780. The molecule has 1 aliphatic heterocycles. The molecule has 0 aromatic carbocycles. The summed E-state index contributed by atoms with van der Waals surface area (Å²) >= 11 is 0. The van der Waals surface area contributed by atoms with Crippen LogP contribution in [-0.4, -0.2) is 75.6 Å². The van der Waals surface area contributed by atoms with Gasteiger partial charge in [-0.05, 0) is 38.0 Å². The van der Waals surface area contributed by atoms with Crippen molar-refractivity contribution < 1.29 is 29.4 Å². The largest absolute Gasteiger partial charge is 0.480 e. The van der Waals surface area contributed by atoms with Gasteiger partial charge in [0.2, 0.25) is 17.7 Å². The Kier molecular flexibility index (Phi) is 9.70. The molecular weight excluding hydrogens is 392 g/mol. The van der Waals surface area contributed by atoms with Crippen molar-refractivity contribution in [1.82, 2.24) is 15.5 Å². The first-order valence-electron chi connectivity index (χ1n) is 10.4. The Balaban J connectivity index is 2.97. The highest BCUT2D eigenvalue weighted by atomic mass is 16.4. The molecule has 1 heterocycles. The average Bonchev–Trinajstić information content (AvgIpc) is 3.12. The first-order valence-corrected chi connectivity index (χ1v) is 10.4. The Hall–Kier alpha value is -2.20. The van der Waals surface area contributed by atoms with Crippen LogP contribution in [0, 0.1) is 11.8 Å². The van der Waals surface area contributed by atoms with Gasteiger partial charge in [0.1, 0.15) is 24.2 Å². The van der Waals surface area contributed by atoms with E-state index in [-0.39, 0.29) is 11.8 Å². The second-order valence-electron chi connectivity index (χ2n) is 8.72. The van der Waals surface area contributed by atoms with Gasteiger partial charge in [-0.1, -0.05) is 27.7 Å². The maximum atomic E-state index is 13.2. The SMILES string of the molecule is CC(C)CC(NC(=O)C(N)C(C)O)C(=O)N1CCCC1C(=O)NC(C(=O)O)C(C)C. The highest BCUT2D eigenvalue weighted by Gasteiger charge is 2.39. The van der Waals surface area contributed by atoms with E-state index >= 15 is 0 Å². The number of aliphatic hydroxyl groups excluding tert-OH is 1. The lowest BCUT2D eigenvalue weighted by atomic mass is 10.0. The number of nitrogens with two attached hydrogens (primary N) is 1. The molecule has 3 amide bonds. The minimum atomic E-state index is -1.17. The van der Waals surface area contributed by atoms with E-state index < -0.39 is 54.0 Å². The molecule has 1 fully saturated rings. The number of hydrogen-bond donors (Lipinski definition) is 5. The molecule has 1 rings (SSSR count). The molecule has 172 valence electrons. The Morgan fingerprint density at radius 2 is 1.70 bits per heavy atom. The molecule has 5 unspecified atom stereocenters. The quantitative estimate of drug-likeness (QED) is 0.311. The number of nitrogens with zero attached hydrogens (tertiary/aromatic N) is 1. The average molecular weight is 429 g/mol. The maximum absolute atomic E-state index is 13.2. The number of aliphatic carboxylic acids is 1. The molecule has 0 bridgehead atoms. The third-order valence-electron chi connectivity index (χ3n) is 5.21. The fourth-order valence-corrected chi connectivity index (χ4v) is 3.45. The number of carbonyl (C=O) groups is 4. The van der Waals surface area contributed by atoms with E-state index in [4.69, 9.17) is 5.73 Å². The number of hydrogen-bond acceptors (Lipinski definition) is 6. The van der Waals surface area contributed by atoms with Crippen LogP contribution in [0.5, 0.6) is 0 Å². The zero-order valence-corrected chi connectivity index (χ0v) is 18.4. The molecule has 10 heteroatoms. The van der Waals surface area contributed by atoms with Crippen molar-refractivity contribution in [1.29, 1.82) is 0 Å². The first-order chi connectivity index (χ1) is 13.9. The lowest BCUT2D eigenvalue weighted by Gasteiger charge is -2.31. The molecule has 0 aromatic heterocycles. The van der Waals surface area contributed by atoms with E-state index in [1.165, 1.54) is 11.8 Å². The van der Waals surface area contributed by atoms with Crippen LogP contribution >= 0.6 is 0 Å². The molecule has 1 saturated heterocycles. The highest BCUT2D eigenvalue weighted by molar-refractivity contribution is 5.94. The molecule has 0 saturated carbocycles. The van der Waals surface area contributed by atoms with Gasteiger partial charge in [0, 0.05) is 6.54 Å². The number of carbonyl (C=O) groups excluding carboxylic acids is 3. The molecule has 0 spiro atoms. The maximum Gasteiger partial charge on any atom is 0.326 e. The molecule has 0 aliphatic carbocycles. The zero-order chi connectivity index (χ0) is 23.2. The Morgan fingerprint density at radius 1 is 1.10 bits per heavy atom. The minimum Gasteiger partial charge on any atom is -0.480 e. The van der Waals surface area contributed by atoms with Crippen LogP contribution in [-0.2, 0) is 19.2 Å². The first kappa shape index (κ1) is 25.8. The van der Waals surface area contributed by atoms with Crippen LogP contribution in [0.15, 0.2) is 0 Å². The lowest BCUT2D eigenvalue weighted by Crippen LogP contribution is -2.58. The summed E-state index contributed by atoms with van der Waals surface area (Å²) in [7, 11) is 0. The molecule has 5 atom stereocenters. The number of amides is 3. The van der Waals surface area contributed by atoms with E-state index in [1.807, 2.05) is 13.8 Å². The van der Waals surface area contributed by atoms with E-state index in [9.17, 15) is 29.4 Å². The van der Waals surface area contributed by atoms with Crippen LogP contribution < -0.4 is 16.4 Å². The van der Waals surface area contributed by atoms with Gasteiger partial charge in [-0.25, -0.2) is 4.79 Å². The van der Waals surface area contributed by atoms with Crippen LogP contribution in [0.3, 0.4) is 0 Å². The molecule has 10 nitrogen and oxygen atoms in total. The Bertz CT molecular complexity index is 637. The normalized spacial score (nSPS) is 20.6. The van der Waals surface area contributed by atoms with Gasteiger partial charge in [0.05, 0.1) is 6.10 Å². The van der Waals surface area contributed by atoms with E-state index in [0.29, 0.717) is 25.8 Å². The van der Waals surface area contributed by atoms with Crippen molar-refractivity contribution in [2.45, 2.75) is 84.2 Å². The van der Waals surface area contributed by atoms with Crippen molar-refractivity contribution in [2.75, 3.05) is 6.54 Å². The predicted octanol–water partition coefficient (Wildman–Crippen LogP) is -0.558. The lowest BCUT2D eigenvalue weighted by molar-refractivity contribution is -0.146. The van der Waals surface area contributed by atoms with E-state index in [1.54, 1.807) is 13.8 Å². The van der Waals surface area contributed by atoms with Crippen molar-refractivity contribution >= 4 is 23.7 Å². The van der Waals surface area contributed by atoms with Gasteiger partial charge in [-0.2, -0.15) is 0 Å². The molecule has 1 aliphatic rings. The topological polar surface area (TPSA) is 162 Å². The van der Waals surface area contributed by atoms with Crippen molar-refractivity contribution in [3.63, 3.8) is 0 Å². The van der Waals surface area contributed by atoms with Crippen molar-refractivity contribution in [3.05, 3.63) is 0 Å². The van der Waals surface area contributed by atoms with E-state index in [2.05, 4.69) is 10.6 Å². The second kappa shape index (κ2) is 11.3. The molecule has 0 aromatic rings. The second-order valence-corrected chi connectivity index (χ2v) is 8.72. The van der Waals surface area contributed by atoms with Gasteiger partial charge < -0.3 is 31.5 Å². The van der Waals surface area contributed by atoms with E-state index in [0.717, 1.165) is 0 Å². The summed E-state index contributed by atoms with van der Waals surface area (Å²) in [6, 6.07) is -3.91. The highest BCUT2D eigenvalue weighted by Crippen LogP contribution is 2.21. The molecule has 6 N–H and O–H groups in total. The summed E-state index contributed by atoms with van der Waals surface area (Å²) in [5, 5.41) is 24.0. The van der Waals surface area contributed by atoms with Crippen LogP contribution in [0.25, 0.3) is 0 Å². The fraction of sp³-hybridized carbons (Fsp3) is 0.800. The predicted molar refractivity (Wildman–Crippen MR) is 110 cm³/mol. The Morgan fingerprint density at radius 3 is 2.17 bits per heavy atom. The summed E-state index contributed by atoms with van der Waals surface area (Å²) < 4.78 is 0. The standard InChI is InChI=1S/C20H36N4O6/c1-10(2)9-13(22-18(27)15(21)12(5)25)19(28)24-8-6-7-14(24)17(26)23-16(11(3)4)20(29)30/h10-16,25H,6-9,21H2,1-5H3,(H,22,27)(H,23,26)(H,29,30). The van der Waals surface area contributed by atoms with Crippen LogP contribution in [0.2, 0.25) is 0 Å².